The summed E-state index contributed by atoms with van der Waals surface area (Å²) in [6.45, 7) is 5.05. The van der Waals surface area contributed by atoms with Crippen molar-refractivity contribution in [1.82, 2.24) is 10.2 Å². The van der Waals surface area contributed by atoms with E-state index in [2.05, 4.69) is 27.8 Å². The summed E-state index contributed by atoms with van der Waals surface area (Å²) in [5, 5.41) is 13.9. The van der Waals surface area contributed by atoms with Gasteiger partial charge in [0.05, 0.1) is 12.2 Å². The number of ether oxygens (including phenoxy) is 1. The second-order valence-electron chi connectivity index (χ2n) is 5.69. The standard InChI is InChI=1S/C19H24N4O3/c1-3-5-6-13-20-17-12-11-16(22-23-17)18(24)21-15-9-7-14(8-10-15)19(25)26-4-2/h7-12H,3-6,13H2,1-2H3,(H,20,23)(H,21,24). The molecule has 2 rings (SSSR count). The van der Waals surface area contributed by atoms with Crippen LogP contribution in [0.1, 0.15) is 54.0 Å². The van der Waals surface area contributed by atoms with Gasteiger partial charge in [-0.05, 0) is 49.7 Å². The monoisotopic (exact) mass is 356 g/mol. The molecular weight excluding hydrogens is 332 g/mol. The number of hydrogen-bond acceptors (Lipinski definition) is 6. The molecule has 0 unspecified atom stereocenters. The van der Waals surface area contributed by atoms with E-state index in [4.69, 9.17) is 4.74 Å². The Hall–Kier alpha value is -2.96. The van der Waals surface area contributed by atoms with Crippen LogP contribution in [-0.4, -0.2) is 35.2 Å². The molecule has 0 spiro atoms. The first-order valence-corrected chi connectivity index (χ1v) is 8.80. The number of carbonyl (C=O) groups excluding carboxylic acids is 2. The van der Waals surface area contributed by atoms with Gasteiger partial charge >= 0.3 is 5.97 Å². The fourth-order valence-corrected chi connectivity index (χ4v) is 2.24. The molecule has 1 heterocycles. The smallest absolute Gasteiger partial charge is 0.338 e. The lowest BCUT2D eigenvalue weighted by atomic mass is 10.2. The van der Waals surface area contributed by atoms with Crippen LogP contribution in [0.25, 0.3) is 0 Å². The number of rotatable bonds is 9. The van der Waals surface area contributed by atoms with E-state index in [0.29, 0.717) is 23.7 Å². The molecule has 2 N–H and O–H groups in total. The zero-order valence-corrected chi connectivity index (χ0v) is 15.1. The molecule has 2 aromatic rings. The van der Waals surface area contributed by atoms with E-state index in [1.807, 2.05) is 0 Å². The highest BCUT2D eigenvalue weighted by atomic mass is 16.5. The van der Waals surface area contributed by atoms with Gasteiger partial charge in [0, 0.05) is 12.2 Å². The highest BCUT2D eigenvalue weighted by molar-refractivity contribution is 6.03. The van der Waals surface area contributed by atoms with Gasteiger partial charge in [-0.1, -0.05) is 19.8 Å². The zero-order chi connectivity index (χ0) is 18.8. The predicted molar refractivity (Wildman–Crippen MR) is 100 cm³/mol. The molecule has 0 saturated heterocycles. The summed E-state index contributed by atoms with van der Waals surface area (Å²) < 4.78 is 4.92. The predicted octanol–water partition coefficient (Wildman–Crippen LogP) is 3.51. The first-order valence-electron chi connectivity index (χ1n) is 8.80. The van der Waals surface area contributed by atoms with Gasteiger partial charge in [0.25, 0.3) is 5.91 Å². The molecule has 0 aliphatic heterocycles. The summed E-state index contributed by atoms with van der Waals surface area (Å²) in [6, 6.07) is 9.84. The Kier molecular flexibility index (Phi) is 7.54. The van der Waals surface area contributed by atoms with E-state index < -0.39 is 5.97 Å². The number of hydrogen-bond donors (Lipinski definition) is 2. The molecule has 138 valence electrons. The average molecular weight is 356 g/mol. The Morgan fingerprint density at radius 3 is 2.38 bits per heavy atom. The number of esters is 1. The van der Waals surface area contributed by atoms with Crippen LogP contribution in [0, 0.1) is 0 Å². The van der Waals surface area contributed by atoms with E-state index in [1.54, 1.807) is 43.3 Å². The Bertz CT molecular complexity index is 715. The lowest BCUT2D eigenvalue weighted by Gasteiger charge is -2.07. The summed E-state index contributed by atoms with van der Waals surface area (Å²) in [4.78, 5) is 23.8. The molecule has 0 bridgehead atoms. The van der Waals surface area contributed by atoms with Gasteiger partial charge in [-0.25, -0.2) is 4.79 Å². The van der Waals surface area contributed by atoms with Crippen molar-refractivity contribution in [2.75, 3.05) is 23.8 Å². The summed E-state index contributed by atoms with van der Waals surface area (Å²) >= 11 is 0. The largest absolute Gasteiger partial charge is 0.462 e. The van der Waals surface area contributed by atoms with Crippen molar-refractivity contribution in [2.45, 2.75) is 33.1 Å². The zero-order valence-electron chi connectivity index (χ0n) is 15.1. The number of amides is 1. The van der Waals surface area contributed by atoms with Crippen LogP contribution in [0.5, 0.6) is 0 Å². The van der Waals surface area contributed by atoms with E-state index in [0.717, 1.165) is 25.8 Å². The van der Waals surface area contributed by atoms with Crippen LogP contribution in [0.2, 0.25) is 0 Å². The van der Waals surface area contributed by atoms with Gasteiger partial charge in [0.15, 0.2) is 5.69 Å². The highest BCUT2D eigenvalue weighted by Gasteiger charge is 2.10. The van der Waals surface area contributed by atoms with Crippen molar-refractivity contribution >= 4 is 23.4 Å². The van der Waals surface area contributed by atoms with Gasteiger partial charge in [-0.2, -0.15) is 0 Å². The fourth-order valence-electron chi connectivity index (χ4n) is 2.24. The Labute approximate surface area is 153 Å². The van der Waals surface area contributed by atoms with Gasteiger partial charge in [-0.15, -0.1) is 10.2 Å². The van der Waals surface area contributed by atoms with Crippen molar-refractivity contribution < 1.29 is 14.3 Å². The molecule has 1 aromatic carbocycles. The molecule has 7 nitrogen and oxygen atoms in total. The van der Waals surface area contributed by atoms with Gasteiger partial charge in [-0.3, -0.25) is 4.79 Å². The minimum atomic E-state index is -0.390. The molecule has 26 heavy (non-hydrogen) atoms. The molecule has 7 heteroatoms. The SMILES string of the molecule is CCCCCNc1ccc(C(=O)Nc2ccc(C(=O)OCC)cc2)nn1. The average Bonchev–Trinajstić information content (AvgIpc) is 2.66. The van der Waals surface area contributed by atoms with Crippen molar-refractivity contribution in [3.63, 3.8) is 0 Å². The van der Waals surface area contributed by atoms with E-state index in [1.165, 1.54) is 0 Å². The molecule has 0 atom stereocenters. The molecule has 0 radical (unpaired) electrons. The molecule has 0 aliphatic rings. The van der Waals surface area contributed by atoms with Crippen LogP contribution in [-0.2, 0) is 4.74 Å². The second kappa shape index (κ2) is 10.1. The second-order valence-corrected chi connectivity index (χ2v) is 5.69. The summed E-state index contributed by atoms with van der Waals surface area (Å²) in [6.07, 6.45) is 3.39. The number of nitrogens with one attached hydrogen (secondary N) is 2. The maximum Gasteiger partial charge on any atom is 0.338 e. The first-order chi connectivity index (χ1) is 12.6. The topological polar surface area (TPSA) is 93.2 Å². The van der Waals surface area contributed by atoms with E-state index in [-0.39, 0.29) is 11.6 Å². The maximum atomic E-state index is 12.2. The lowest BCUT2D eigenvalue weighted by Crippen LogP contribution is -2.15. The number of unbranched alkanes of at least 4 members (excludes halogenated alkanes) is 2. The third kappa shape index (κ3) is 5.84. The highest BCUT2D eigenvalue weighted by Crippen LogP contribution is 2.12. The minimum absolute atomic E-state index is 0.221. The quantitative estimate of drug-likeness (QED) is 0.527. The van der Waals surface area contributed by atoms with Crippen LogP contribution in [0.3, 0.4) is 0 Å². The Balaban J connectivity index is 1.89. The van der Waals surface area contributed by atoms with Crippen LogP contribution < -0.4 is 10.6 Å². The molecule has 1 aromatic heterocycles. The van der Waals surface area contributed by atoms with Crippen molar-refractivity contribution in [3.05, 3.63) is 47.7 Å². The van der Waals surface area contributed by atoms with E-state index in [9.17, 15) is 9.59 Å². The van der Waals surface area contributed by atoms with Gasteiger partial charge in [0.2, 0.25) is 0 Å². The summed E-state index contributed by atoms with van der Waals surface area (Å²) in [5.74, 6) is -0.103. The lowest BCUT2D eigenvalue weighted by molar-refractivity contribution is 0.0526. The van der Waals surface area contributed by atoms with Crippen molar-refractivity contribution in [1.29, 1.82) is 0 Å². The van der Waals surface area contributed by atoms with Crippen LogP contribution >= 0.6 is 0 Å². The molecule has 1 amide bonds. The number of carbonyl (C=O) groups is 2. The maximum absolute atomic E-state index is 12.2. The normalized spacial score (nSPS) is 10.2. The minimum Gasteiger partial charge on any atom is -0.462 e. The number of aromatic nitrogens is 2. The van der Waals surface area contributed by atoms with Gasteiger partial charge < -0.3 is 15.4 Å². The van der Waals surface area contributed by atoms with E-state index >= 15 is 0 Å². The number of benzene rings is 1. The Morgan fingerprint density at radius 1 is 1.00 bits per heavy atom. The van der Waals surface area contributed by atoms with Gasteiger partial charge in [0.1, 0.15) is 5.82 Å². The number of nitrogens with zero attached hydrogens (tertiary/aromatic N) is 2. The summed E-state index contributed by atoms with van der Waals surface area (Å²) in [7, 11) is 0. The Morgan fingerprint density at radius 2 is 1.77 bits per heavy atom. The number of anilines is 2. The van der Waals surface area contributed by atoms with Crippen molar-refractivity contribution in [3.8, 4) is 0 Å². The first kappa shape index (κ1) is 19.4. The van der Waals surface area contributed by atoms with Crippen molar-refractivity contribution in [2.24, 2.45) is 0 Å². The fraction of sp³-hybridized carbons (Fsp3) is 0.368. The third-order valence-electron chi connectivity index (χ3n) is 3.64. The van der Waals surface area contributed by atoms with Crippen LogP contribution in [0.4, 0.5) is 11.5 Å². The third-order valence-corrected chi connectivity index (χ3v) is 3.64. The summed E-state index contributed by atoms with van der Waals surface area (Å²) in [5.41, 5.74) is 1.22. The molecular formula is C19H24N4O3. The molecule has 0 saturated carbocycles. The molecule has 0 fully saturated rings. The van der Waals surface area contributed by atoms with Crippen LogP contribution in [0.15, 0.2) is 36.4 Å². The molecule has 0 aliphatic carbocycles.